The molecule has 0 aliphatic carbocycles. The molecule has 0 unspecified atom stereocenters. The molecule has 1 spiro atoms. The summed E-state index contributed by atoms with van der Waals surface area (Å²) in [5, 5.41) is 9.69. The summed E-state index contributed by atoms with van der Waals surface area (Å²) in [5.41, 5.74) is 4.40. The normalized spacial score (nSPS) is 21.2. The fraction of sp³-hybridized carbons (Fsp3) is 0.458. The molecule has 3 aliphatic heterocycles. The minimum atomic E-state index is -0.236. The number of aromatic nitrogens is 3. The quantitative estimate of drug-likeness (QED) is 0.531. The minimum absolute atomic E-state index is 0.114. The van der Waals surface area contributed by atoms with E-state index in [0.717, 1.165) is 66.0 Å². The maximum absolute atomic E-state index is 15.6. The van der Waals surface area contributed by atoms with Gasteiger partial charge in [-0.1, -0.05) is 0 Å². The first kappa shape index (κ1) is 20.1. The Labute approximate surface area is 190 Å². The van der Waals surface area contributed by atoms with Crippen molar-refractivity contribution in [2.45, 2.75) is 52.2 Å². The highest BCUT2D eigenvalue weighted by molar-refractivity contribution is 7.15. The van der Waals surface area contributed by atoms with Gasteiger partial charge in [-0.3, -0.25) is 9.56 Å². The molecule has 0 saturated carbocycles. The molecule has 0 bridgehead atoms. The summed E-state index contributed by atoms with van der Waals surface area (Å²) in [5.74, 6) is 1.38. The van der Waals surface area contributed by atoms with Crippen molar-refractivity contribution in [3.8, 4) is 5.00 Å². The first-order valence-corrected chi connectivity index (χ1v) is 12.0. The van der Waals surface area contributed by atoms with Crippen LogP contribution < -0.4 is 4.90 Å². The Morgan fingerprint density at radius 1 is 1.16 bits per heavy atom. The molecular weight excluding hydrogens is 425 g/mol. The van der Waals surface area contributed by atoms with E-state index in [-0.39, 0.29) is 17.5 Å². The zero-order chi connectivity index (χ0) is 22.2. The van der Waals surface area contributed by atoms with Crippen LogP contribution in [0.1, 0.15) is 59.0 Å². The Morgan fingerprint density at radius 3 is 2.59 bits per heavy atom. The second-order valence-electron chi connectivity index (χ2n) is 9.18. The van der Waals surface area contributed by atoms with Crippen LogP contribution in [0.15, 0.2) is 23.2 Å². The van der Waals surface area contributed by atoms with Crippen LogP contribution in [0.5, 0.6) is 0 Å². The number of hydrogen-bond acceptors (Lipinski definition) is 6. The van der Waals surface area contributed by atoms with Crippen molar-refractivity contribution in [1.82, 2.24) is 14.8 Å². The first-order valence-electron chi connectivity index (χ1n) is 11.2. The van der Waals surface area contributed by atoms with Crippen LogP contribution in [0, 0.1) is 26.6 Å². The van der Waals surface area contributed by atoms with Crippen LogP contribution in [0.4, 0.5) is 10.1 Å². The molecule has 0 radical (unpaired) electrons. The van der Waals surface area contributed by atoms with Gasteiger partial charge in [-0.05, 0) is 64.3 Å². The lowest BCUT2D eigenvalue weighted by atomic mass is 9.96. The summed E-state index contributed by atoms with van der Waals surface area (Å²) in [6.07, 6.45) is 2.02. The molecule has 6 rings (SSSR count). The van der Waals surface area contributed by atoms with Gasteiger partial charge in [-0.2, -0.15) is 0 Å². The molecule has 2 fully saturated rings. The SMILES string of the molecule is Cc1sc2c(c1C)C(c1ccc(N3CCC4(CC3)CO4)cc1F)=N[C@@H](C)c1nnc(C)n1-2. The standard InChI is InChI=1S/C24H26FN5OS/c1-13-15(3)32-23-20(13)21(26-14(2)22-28-27-16(4)30(22)23)18-6-5-17(11-19(18)25)29-9-7-24(8-10-29)12-31-24/h5-6,11,14H,7-10,12H2,1-4H3/t14-/m0/s1. The van der Waals surface area contributed by atoms with Crippen molar-refractivity contribution < 1.29 is 9.13 Å². The van der Waals surface area contributed by atoms with Gasteiger partial charge in [0.2, 0.25) is 0 Å². The van der Waals surface area contributed by atoms with Gasteiger partial charge in [-0.15, -0.1) is 21.5 Å². The van der Waals surface area contributed by atoms with E-state index < -0.39 is 0 Å². The molecule has 3 aromatic rings. The average Bonchev–Trinajstić information content (AvgIpc) is 3.34. The second-order valence-corrected chi connectivity index (χ2v) is 10.4. The van der Waals surface area contributed by atoms with Crippen molar-refractivity contribution in [1.29, 1.82) is 0 Å². The van der Waals surface area contributed by atoms with Gasteiger partial charge in [0.25, 0.3) is 0 Å². The number of nitrogens with zero attached hydrogens (tertiary/aromatic N) is 5. The number of halogens is 1. The molecule has 32 heavy (non-hydrogen) atoms. The number of epoxide rings is 1. The van der Waals surface area contributed by atoms with E-state index in [1.54, 1.807) is 17.4 Å². The van der Waals surface area contributed by atoms with Crippen LogP contribution in [-0.4, -0.2) is 45.8 Å². The van der Waals surface area contributed by atoms with Crippen LogP contribution >= 0.6 is 11.3 Å². The number of piperidine rings is 1. The second kappa shape index (κ2) is 6.96. The number of fused-ring (bicyclic) bond motifs is 3. The van der Waals surface area contributed by atoms with Gasteiger partial charge in [0.15, 0.2) is 5.82 Å². The summed E-state index contributed by atoms with van der Waals surface area (Å²) in [6, 6.07) is 5.37. The third kappa shape index (κ3) is 2.96. The van der Waals surface area contributed by atoms with E-state index in [1.165, 1.54) is 4.88 Å². The van der Waals surface area contributed by atoms with Crippen LogP contribution in [-0.2, 0) is 4.74 Å². The van der Waals surface area contributed by atoms with Gasteiger partial charge in [-0.25, -0.2) is 4.39 Å². The average molecular weight is 452 g/mol. The molecule has 1 aromatic carbocycles. The molecule has 5 heterocycles. The van der Waals surface area contributed by atoms with Crippen LogP contribution in [0.3, 0.4) is 0 Å². The zero-order valence-electron chi connectivity index (χ0n) is 18.8. The van der Waals surface area contributed by atoms with Gasteiger partial charge >= 0.3 is 0 Å². The maximum atomic E-state index is 15.6. The summed E-state index contributed by atoms with van der Waals surface area (Å²) in [7, 11) is 0. The van der Waals surface area contributed by atoms with Gasteiger partial charge in [0, 0.05) is 34.8 Å². The molecule has 1 atom stereocenters. The van der Waals surface area contributed by atoms with Crippen LogP contribution in [0.2, 0.25) is 0 Å². The van der Waals surface area contributed by atoms with E-state index in [9.17, 15) is 0 Å². The Kier molecular flexibility index (Phi) is 4.36. The number of ether oxygens (including phenoxy) is 1. The lowest BCUT2D eigenvalue weighted by molar-refractivity contribution is 0.258. The number of anilines is 1. The topological polar surface area (TPSA) is 58.8 Å². The molecule has 6 nitrogen and oxygen atoms in total. The molecule has 2 aromatic heterocycles. The Balaban J connectivity index is 1.43. The van der Waals surface area contributed by atoms with Gasteiger partial charge in [0.1, 0.15) is 22.7 Å². The Hall–Kier alpha value is -2.58. The molecule has 166 valence electrons. The molecule has 0 N–H and O–H groups in total. The fourth-order valence-corrected chi connectivity index (χ4v) is 6.14. The summed E-state index contributed by atoms with van der Waals surface area (Å²) >= 11 is 1.69. The molecule has 2 saturated heterocycles. The minimum Gasteiger partial charge on any atom is -0.371 e. The number of aliphatic imine (C=N–C) groups is 1. The number of aryl methyl sites for hydroxylation is 2. The highest BCUT2D eigenvalue weighted by Crippen LogP contribution is 2.41. The van der Waals surface area contributed by atoms with Gasteiger partial charge < -0.3 is 9.64 Å². The van der Waals surface area contributed by atoms with E-state index in [4.69, 9.17) is 9.73 Å². The summed E-state index contributed by atoms with van der Waals surface area (Å²) < 4.78 is 23.3. The number of rotatable bonds is 2. The first-order chi connectivity index (χ1) is 15.4. The van der Waals surface area contributed by atoms with Crippen molar-refractivity contribution in [2.24, 2.45) is 4.99 Å². The van der Waals surface area contributed by atoms with Crippen LogP contribution in [0.25, 0.3) is 5.00 Å². The predicted octanol–water partition coefficient (Wildman–Crippen LogP) is 4.67. The third-order valence-electron chi connectivity index (χ3n) is 7.15. The Bertz CT molecular complexity index is 1260. The summed E-state index contributed by atoms with van der Waals surface area (Å²) in [4.78, 5) is 8.43. The van der Waals surface area contributed by atoms with Crippen molar-refractivity contribution >= 4 is 22.7 Å². The number of benzene rings is 1. The largest absolute Gasteiger partial charge is 0.371 e. The van der Waals surface area contributed by atoms with Crippen molar-refractivity contribution in [3.05, 3.63) is 57.2 Å². The van der Waals surface area contributed by atoms with E-state index in [1.807, 2.05) is 26.0 Å². The van der Waals surface area contributed by atoms with Crippen molar-refractivity contribution in [2.75, 3.05) is 24.6 Å². The van der Waals surface area contributed by atoms with Gasteiger partial charge in [0.05, 0.1) is 17.9 Å². The Morgan fingerprint density at radius 2 is 1.91 bits per heavy atom. The maximum Gasteiger partial charge on any atom is 0.162 e. The fourth-order valence-electron chi connectivity index (χ4n) is 4.92. The molecular formula is C24H26FN5OS. The van der Waals surface area contributed by atoms with E-state index >= 15 is 4.39 Å². The molecule has 3 aliphatic rings. The number of hydrogen-bond donors (Lipinski definition) is 0. The number of thiophene rings is 1. The monoisotopic (exact) mass is 451 g/mol. The highest BCUT2D eigenvalue weighted by atomic mass is 32.1. The third-order valence-corrected chi connectivity index (χ3v) is 8.35. The zero-order valence-corrected chi connectivity index (χ0v) is 19.6. The predicted molar refractivity (Wildman–Crippen MR) is 124 cm³/mol. The van der Waals surface area contributed by atoms with E-state index in [0.29, 0.717) is 11.3 Å². The lowest BCUT2D eigenvalue weighted by Crippen LogP contribution is -2.37. The molecule has 8 heteroatoms. The summed E-state index contributed by atoms with van der Waals surface area (Å²) in [6.45, 7) is 10.8. The highest BCUT2D eigenvalue weighted by Gasteiger charge is 2.46. The van der Waals surface area contributed by atoms with Crippen molar-refractivity contribution in [3.63, 3.8) is 0 Å². The smallest absolute Gasteiger partial charge is 0.162 e. The molecule has 0 amide bonds. The lowest BCUT2D eigenvalue weighted by Gasteiger charge is -2.32. The van der Waals surface area contributed by atoms with E-state index in [2.05, 4.69) is 33.5 Å².